The molecule has 0 unspecified atom stereocenters. The van der Waals surface area contributed by atoms with Crippen LogP contribution in [0.2, 0.25) is 0 Å². The number of aromatic nitrogens is 5. The average Bonchev–Trinajstić information content (AvgIpc) is 3.44. The summed E-state index contributed by atoms with van der Waals surface area (Å²) in [5, 5.41) is 27.4. The fourth-order valence-corrected chi connectivity index (χ4v) is 3.89. The van der Waals surface area contributed by atoms with E-state index in [1.165, 1.54) is 0 Å². The van der Waals surface area contributed by atoms with E-state index in [1.54, 1.807) is 27.8 Å². The molecule has 10 heteroatoms. The molecule has 1 aliphatic rings. The van der Waals surface area contributed by atoms with E-state index < -0.39 is 12.1 Å². The zero-order chi connectivity index (χ0) is 22.2. The molecule has 0 saturated carbocycles. The topological polar surface area (TPSA) is 122 Å². The van der Waals surface area contributed by atoms with E-state index in [0.717, 1.165) is 22.3 Å². The number of rotatable bonds is 4. The number of nitriles is 1. The summed E-state index contributed by atoms with van der Waals surface area (Å²) in [6, 6.07) is 7.98. The first-order valence-corrected chi connectivity index (χ1v) is 10.00. The third-order valence-corrected chi connectivity index (χ3v) is 5.50. The van der Waals surface area contributed by atoms with Gasteiger partial charge in [-0.15, -0.1) is 0 Å². The number of ether oxygens (including phenoxy) is 1. The number of nitrogens with zero attached hydrogens (tertiary/aromatic N) is 7. The Balaban J connectivity index is 1.56. The Labute approximate surface area is 182 Å². The van der Waals surface area contributed by atoms with Gasteiger partial charge in [-0.2, -0.15) is 15.5 Å². The van der Waals surface area contributed by atoms with Crippen molar-refractivity contribution < 1.29 is 14.6 Å². The van der Waals surface area contributed by atoms with Gasteiger partial charge in [0.15, 0.2) is 6.10 Å². The van der Waals surface area contributed by atoms with Crippen molar-refractivity contribution in [2.45, 2.75) is 6.10 Å². The maximum atomic E-state index is 11.3. The first-order valence-electron chi connectivity index (χ1n) is 10.00. The van der Waals surface area contributed by atoms with E-state index in [2.05, 4.69) is 21.3 Å². The molecule has 5 rings (SSSR count). The zero-order valence-corrected chi connectivity index (χ0v) is 17.2. The molecule has 4 aromatic rings. The van der Waals surface area contributed by atoms with Crippen LogP contribution in [0.25, 0.3) is 27.8 Å². The van der Waals surface area contributed by atoms with Crippen molar-refractivity contribution >= 4 is 17.3 Å². The molecule has 10 nitrogen and oxygen atoms in total. The number of pyridine rings is 2. The average molecular weight is 429 g/mol. The van der Waals surface area contributed by atoms with Crippen molar-refractivity contribution in [2.24, 2.45) is 7.05 Å². The summed E-state index contributed by atoms with van der Waals surface area (Å²) in [6.45, 7) is 1.14. The molecule has 0 aromatic carbocycles. The van der Waals surface area contributed by atoms with Crippen molar-refractivity contribution in [1.29, 1.82) is 5.26 Å². The molecule has 160 valence electrons. The largest absolute Gasteiger partial charge is 0.479 e. The van der Waals surface area contributed by atoms with Crippen molar-refractivity contribution in [3.63, 3.8) is 0 Å². The van der Waals surface area contributed by atoms with Crippen LogP contribution in [0.1, 0.15) is 5.56 Å². The Morgan fingerprint density at radius 3 is 2.75 bits per heavy atom. The lowest BCUT2D eigenvalue weighted by Gasteiger charge is -2.31. The van der Waals surface area contributed by atoms with E-state index in [0.29, 0.717) is 30.0 Å². The van der Waals surface area contributed by atoms with Gasteiger partial charge in [0, 0.05) is 54.4 Å². The third kappa shape index (κ3) is 3.44. The quantitative estimate of drug-likeness (QED) is 0.522. The van der Waals surface area contributed by atoms with Crippen LogP contribution in [0.5, 0.6) is 0 Å². The third-order valence-electron chi connectivity index (χ3n) is 5.50. The molecule has 4 aromatic heterocycles. The highest BCUT2D eigenvalue weighted by molar-refractivity contribution is 5.87. The second-order valence-electron chi connectivity index (χ2n) is 7.56. The van der Waals surface area contributed by atoms with Crippen molar-refractivity contribution in [2.75, 3.05) is 24.6 Å². The number of carboxylic acids is 1. The Bertz CT molecular complexity index is 1350. The van der Waals surface area contributed by atoms with Gasteiger partial charge in [-0.25, -0.2) is 14.3 Å². The van der Waals surface area contributed by atoms with Crippen LogP contribution in [-0.2, 0) is 16.6 Å². The monoisotopic (exact) mass is 429 g/mol. The number of aliphatic carboxylic acids is 1. The molecule has 32 heavy (non-hydrogen) atoms. The van der Waals surface area contributed by atoms with Crippen LogP contribution < -0.4 is 4.90 Å². The number of hydrogen-bond donors (Lipinski definition) is 1. The molecule has 5 heterocycles. The lowest BCUT2D eigenvalue weighted by atomic mass is 10.0. The molecule has 1 saturated heterocycles. The standard InChI is InChI=1S/C22H19N7O3/c1-27-11-17(10-25-27)15-6-18(21-16(7-23)9-26-29(21)12-15)14-2-3-20(24-8-14)28-4-5-32-19(13-28)22(30)31/h2-3,6,8-12,19H,4-5,13H2,1H3,(H,30,31)/t19-/m1/s1. The fraction of sp³-hybridized carbons (Fsp3) is 0.227. The van der Waals surface area contributed by atoms with Crippen LogP contribution in [0.4, 0.5) is 5.82 Å². The normalized spacial score (nSPS) is 16.2. The second kappa shape index (κ2) is 7.79. The van der Waals surface area contributed by atoms with Crippen LogP contribution in [-0.4, -0.2) is 61.3 Å². The Morgan fingerprint density at radius 1 is 1.19 bits per heavy atom. The number of carboxylic acid groups (broad SMARTS) is 1. The smallest absolute Gasteiger partial charge is 0.334 e. The number of carbonyl (C=O) groups is 1. The van der Waals surface area contributed by atoms with Gasteiger partial charge in [-0.1, -0.05) is 0 Å². The van der Waals surface area contributed by atoms with Crippen LogP contribution in [0.15, 0.2) is 49.2 Å². The maximum Gasteiger partial charge on any atom is 0.334 e. The van der Waals surface area contributed by atoms with Gasteiger partial charge in [-0.05, 0) is 18.2 Å². The van der Waals surface area contributed by atoms with Crippen molar-refractivity contribution in [3.05, 3.63) is 54.7 Å². The minimum atomic E-state index is -0.981. The van der Waals surface area contributed by atoms with E-state index >= 15 is 0 Å². The van der Waals surface area contributed by atoms with Gasteiger partial charge in [-0.3, -0.25) is 4.68 Å². The lowest BCUT2D eigenvalue weighted by Crippen LogP contribution is -2.46. The summed E-state index contributed by atoms with van der Waals surface area (Å²) in [6.07, 6.45) is 7.98. The van der Waals surface area contributed by atoms with Gasteiger partial charge in [0.2, 0.25) is 0 Å². The van der Waals surface area contributed by atoms with Crippen LogP contribution in [0.3, 0.4) is 0 Å². The van der Waals surface area contributed by atoms with Gasteiger partial charge < -0.3 is 14.7 Å². The minimum absolute atomic E-state index is 0.240. The van der Waals surface area contributed by atoms with Gasteiger partial charge >= 0.3 is 5.97 Å². The number of anilines is 1. The number of aryl methyl sites for hydroxylation is 1. The first kappa shape index (κ1) is 19.7. The maximum absolute atomic E-state index is 11.3. The van der Waals surface area contributed by atoms with E-state index in [-0.39, 0.29) is 6.54 Å². The summed E-state index contributed by atoms with van der Waals surface area (Å²) in [5.41, 5.74) is 4.66. The Kier molecular flexibility index (Phi) is 4.80. The number of morpholine rings is 1. The molecule has 0 radical (unpaired) electrons. The molecule has 1 N–H and O–H groups in total. The molecule has 0 amide bonds. The van der Waals surface area contributed by atoms with Crippen molar-refractivity contribution in [3.8, 4) is 28.3 Å². The molecule has 0 spiro atoms. The SMILES string of the molecule is Cn1cc(-c2cc(-c3ccc(N4CCO[C@@H](C(=O)O)C4)nc3)c3c(C#N)cnn3c2)cn1. The minimum Gasteiger partial charge on any atom is -0.479 e. The molecular weight excluding hydrogens is 410 g/mol. The highest BCUT2D eigenvalue weighted by Crippen LogP contribution is 2.32. The molecular formula is C22H19N7O3. The van der Waals surface area contributed by atoms with Crippen LogP contribution >= 0.6 is 0 Å². The van der Waals surface area contributed by atoms with Gasteiger partial charge in [0.05, 0.1) is 36.6 Å². The zero-order valence-electron chi connectivity index (χ0n) is 17.2. The summed E-state index contributed by atoms with van der Waals surface area (Å²) in [4.78, 5) is 17.7. The molecule has 1 aliphatic heterocycles. The summed E-state index contributed by atoms with van der Waals surface area (Å²) in [5.74, 6) is -0.303. The summed E-state index contributed by atoms with van der Waals surface area (Å²) < 4.78 is 8.72. The summed E-state index contributed by atoms with van der Waals surface area (Å²) in [7, 11) is 1.85. The van der Waals surface area contributed by atoms with E-state index in [1.807, 2.05) is 42.5 Å². The second-order valence-corrected chi connectivity index (χ2v) is 7.56. The highest BCUT2D eigenvalue weighted by Gasteiger charge is 2.27. The Hall–Kier alpha value is -4.23. The molecule has 0 aliphatic carbocycles. The summed E-state index contributed by atoms with van der Waals surface area (Å²) >= 11 is 0. The van der Waals surface area contributed by atoms with E-state index in [9.17, 15) is 15.2 Å². The first-order chi connectivity index (χ1) is 15.5. The Morgan fingerprint density at radius 2 is 2.06 bits per heavy atom. The highest BCUT2D eigenvalue weighted by atomic mass is 16.5. The molecule has 1 fully saturated rings. The van der Waals surface area contributed by atoms with Crippen LogP contribution in [0, 0.1) is 11.3 Å². The number of hydrogen-bond acceptors (Lipinski definition) is 7. The fourth-order valence-electron chi connectivity index (χ4n) is 3.89. The molecule has 1 atom stereocenters. The van der Waals surface area contributed by atoms with Crippen molar-refractivity contribution in [1.82, 2.24) is 24.4 Å². The predicted molar refractivity (Wildman–Crippen MR) is 115 cm³/mol. The number of fused-ring (bicyclic) bond motifs is 1. The predicted octanol–water partition coefficient (Wildman–Crippen LogP) is 1.96. The lowest BCUT2D eigenvalue weighted by molar-refractivity contribution is -0.150. The van der Waals surface area contributed by atoms with Gasteiger partial charge in [0.25, 0.3) is 0 Å². The molecule has 0 bridgehead atoms. The van der Waals surface area contributed by atoms with Gasteiger partial charge in [0.1, 0.15) is 11.9 Å². The van der Waals surface area contributed by atoms with E-state index in [4.69, 9.17) is 4.74 Å².